The molecule has 1 aromatic rings. The van der Waals surface area contributed by atoms with Gasteiger partial charge >= 0.3 is 0 Å². The zero-order chi connectivity index (χ0) is 14.1. The molecule has 3 rings (SSSR count). The lowest BCUT2D eigenvalue weighted by atomic mass is 9.78. The Balaban J connectivity index is 1.54. The fraction of sp³-hybridized carbons (Fsp3) is 0.588. The van der Waals surface area contributed by atoms with Crippen molar-refractivity contribution in [3.63, 3.8) is 0 Å². The first-order chi connectivity index (χ1) is 9.63. The van der Waals surface area contributed by atoms with E-state index < -0.39 is 0 Å². The van der Waals surface area contributed by atoms with E-state index in [-0.39, 0.29) is 18.3 Å². The van der Waals surface area contributed by atoms with Crippen molar-refractivity contribution in [2.24, 2.45) is 23.7 Å². The molecule has 2 bridgehead atoms. The first-order valence-electron chi connectivity index (χ1n) is 7.54. The summed E-state index contributed by atoms with van der Waals surface area (Å²) in [5.74, 6) is 3.45. The molecule has 0 heterocycles. The molecule has 0 aliphatic heterocycles. The van der Waals surface area contributed by atoms with Gasteiger partial charge in [-0.1, -0.05) is 35.3 Å². The average Bonchev–Trinajstić information content (AvgIpc) is 3.06. The SMILES string of the molecule is C[C@H](C(=O)COc1cccc(Br)c1)[C@H]1C[C@H]2CC[C@@H]1C2. The Hall–Kier alpha value is -0.830. The second-order valence-corrected chi connectivity index (χ2v) is 7.26. The summed E-state index contributed by atoms with van der Waals surface area (Å²) in [5, 5.41) is 0. The topological polar surface area (TPSA) is 26.3 Å². The molecule has 0 unspecified atom stereocenters. The van der Waals surface area contributed by atoms with Crippen molar-refractivity contribution in [1.29, 1.82) is 0 Å². The van der Waals surface area contributed by atoms with Crippen LogP contribution >= 0.6 is 15.9 Å². The number of ether oxygens (including phenoxy) is 1. The highest BCUT2D eigenvalue weighted by Crippen LogP contribution is 2.51. The number of ketones is 1. The third-order valence-electron chi connectivity index (χ3n) is 5.12. The van der Waals surface area contributed by atoms with Gasteiger partial charge in [-0.05, 0) is 55.2 Å². The first kappa shape index (κ1) is 14.1. The standard InChI is InChI=1S/C17H21BrO2/c1-11(16-8-12-5-6-13(16)7-12)17(19)10-20-15-4-2-3-14(18)9-15/h2-4,9,11-13,16H,5-8,10H2,1H3/t11-,12-,13+,16+/m0/s1. The number of rotatable bonds is 5. The fourth-order valence-corrected chi connectivity index (χ4v) is 4.37. The molecule has 2 aliphatic carbocycles. The third-order valence-corrected chi connectivity index (χ3v) is 5.61. The maximum Gasteiger partial charge on any atom is 0.173 e. The van der Waals surface area contributed by atoms with Gasteiger partial charge in [0.2, 0.25) is 0 Å². The zero-order valence-electron chi connectivity index (χ0n) is 11.8. The second-order valence-electron chi connectivity index (χ2n) is 6.34. The first-order valence-corrected chi connectivity index (χ1v) is 8.34. The summed E-state index contributed by atoms with van der Waals surface area (Å²) >= 11 is 3.41. The van der Waals surface area contributed by atoms with Crippen molar-refractivity contribution in [3.8, 4) is 5.75 Å². The van der Waals surface area contributed by atoms with Crippen LogP contribution in [0.5, 0.6) is 5.75 Å². The van der Waals surface area contributed by atoms with Crippen LogP contribution in [-0.4, -0.2) is 12.4 Å². The van der Waals surface area contributed by atoms with Gasteiger partial charge in [0.05, 0.1) is 0 Å². The normalized spacial score (nSPS) is 29.4. The largest absolute Gasteiger partial charge is 0.486 e. The van der Waals surface area contributed by atoms with Gasteiger partial charge in [-0.15, -0.1) is 0 Å². The van der Waals surface area contributed by atoms with Crippen molar-refractivity contribution in [2.75, 3.05) is 6.61 Å². The van der Waals surface area contributed by atoms with E-state index in [4.69, 9.17) is 4.74 Å². The minimum absolute atomic E-state index is 0.150. The minimum Gasteiger partial charge on any atom is -0.486 e. The molecule has 2 nitrogen and oxygen atoms in total. The Morgan fingerprint density at radius 2 is 2.25 bits per heavy atom. The number of fused-ring (bicyclic) bond motifs is 2. The van der Waals surface area contributed by atoms with Crippen LogP contribution in [0.2, 0.25) is 0 Å². The molecule has 0 amide bonds. The van der Waals surface area contributed by atoms with E-state index in [1.54, 1.807) is 0 Å². The van der Waals surface area contributed by atoms with Crippen LogP contribution in [0.1, 0.15) is 32.6 Å². The molecule has 1 aromatic carbocycles. The summed E-state index contributed by atoms with van der Waals surface area (Å²) in [7, 11) is 0. The quantitative estimate of drug-likeness (QED) is 0.792. The zero-order valence-corrected chi connectivity index (χ0v) is 13.4. The number of carbonyl (C=O) groups is 1. The van der Waals surface area contributed by atoms with E-state index in [0.29, 0.717) is 5.92 Å². The predicted octanol–water partition coefficient (Wildman–Crippen LogP) is 4.47. The number of hydrogen-bond donors (Lipinski definition) is 0. The van der Waals surface area contributed by atoms with Gasteiger partial charge in [0.15, 0.2) is 5.78 Å². The number of benzene rings is 1. The van der Waals surface area contributed by atoms with Crippen molar-refractivity contribution in [1.82, 2.24) is 0 Å². The Kier molecular flexibility index (Phi) is 4.16. The summed E-state index contributed by atoms with van der Waals surface area (Å²) < 4.78 is 6.61. The highest BCUT2D eigenvalue weighted by Gasteiger charge is 2.43. The highest BCUT2D eigenvalue weighted by atomic mass is 79.9. The Morgan fingerprint density at radius 3 is 2.90 bits per heavy atom. The molecule has 2 fully saturated rings. The number of hydrogen-bond acceptors (Lipinski definition) is 2. The molecule has 4 atom stereocenters. The van der Waals surface area contributed by atoms with Crippen LogP contribution in [-0.2, 0) is 4.79 Å². The maximum absolute atomic E-state index is 12.3. The molecule has 0 aromatic heterocycles. The Morgan fingerprint density at radius 1 is 1.40 bits per heavy atom. The molecule has 2 saturated carbocycles. The lowest BCUT2D eigenvalue weighted by Crippen LogP contribution is -2.29. The fourth-order valence-electron chi connectivity index (χ4n) is 3.99. The Bertz CT molecular complexity index is 500. The summed E-state index contributed by atoms with van der Waals surface area (Å²) in [6.07, 6.45) is 5.33. The van der Waals surface area contributed by atoms with Gasteiger partial charge in [0.1, 0.15) is 12.4 Å². The van der Waals surface area contributed by atoms with E-state index in [9.17, 15) is 4.79 Å². The van der Waals surface area contributed by atoms with E-state index in [0.717, 1.165) is 22.1 Å². The number of carbonyl (C=O) groups excluding carboxylic acids is 1. The molecule has 0 saturated heterocycles. The van der Waals surface area contributed by atoms with E-state index in [2.05, 4.69) is 22.9 Å². The molecule has 20 heavy (non-hydrogen) atoms. The van der Waals surface area contributed by atoms with Crippen LogP contribution in [0.3, 0.4) is 0 Å². The summed E-state index contributed by atoms with van der Waals surface area (Å²) in [5.41, 5.74) is 0. The van der Waals surface area contributed by atoms with Gasteiger partial charge in [-0.3, -0.25) is 4.79 Å². The van der Waals surface area contributed by atoms with Gasteiger partial charge in [0.25, 0.3) is 0 Å². The van der Waals surface area contributed by atoms with Crippen molar-refractivity contribution < 1.29 is 9.53 Å². The molecule has 0 radical (unpaired) electrons. The lowest BCUT2D eigenvalue weighted by Gasteiger charge is -2.26. The molecular formula is C17H21BrO2. The van der Waals surface area contributed by atoms with E-state index in [1.807, 2.05) is 24.3 Å². The molecule has 2 aliphatic rings. The van der Waals surface area contributed by atoms with Crippen LogP contribution in [0, 0.1) is 23.7 Å². The van der Waals surface area contributed by atoms with Gasteiger partial charge in [-0.25, -0.2) is 0 Å². The van der Waals surface area contributed by atoms with Gasteiger partial charge in [-0.2, -0.15) is 0 Å². The summed E-state index contributed by atoms with van der Waals surface area (Å²) in [6, 6.07) is 7.66. The molecule has 108 valence electrons. The number of Topliss-reactive ketones (excluding diaryl/α,β-unsaturated/α-hetero) is 1. The van der Waals surface area contributed by atoms with Crippen molar-refractivity contribution in [2.45, 2.75) is 32.6 Å². The van der Waals surface area contributed by atoms with Gasteiger partial charge in [0, 0.05) is 10.4 Å². The highest BCUT2D eigenvalue weighted by molar-refractivity contribution is 9.10. The van der Waals surface area contributed by atoms with Crippen LogP contribution in [0.4, 0.5) is 0 Å². The van der Waals surface area contributed by atoms with E-state index in [1.165, 1.54) is 25.7 Å². The second kappa shape index (κ2) is 5.88. The molecule has 0 spiro atoms. The maximum atomic E-state index is 12.3. The molecular weight excluding hydrogens is 316 g/mol. The molecule has 0 N–H and O–H groups in total. The van der Waals surface area contributed by atoms with E-state index >= 15 is 0 Å². The lowest BCUT2D eigenvalue weighted by molar-refractivity contribution is -0.126. The van der Waals surface area contributed by atoms with Crippen LogP contribution in [0.15, 0.2) is 28.7 Å². The van der Waals surface area contributed by atoms with Crippen LogP contribution in [0.25, 0.3) is 0 Å². The summed E-state index contributed by atoms with van der Waals surface area (Å²) in [6.45, 7) is 2.30. The summed E-state index contributed by atoms with van der Waals surface area (Å²) in [4.78, 5) is 12.3. The van der Waals surface area contributed by atoms with Crippen molar-refractivity contribution in [3.05, 3.63) is 28.7 Å². The monoisotopic (exact) mass is 336 g/mol. The minimum atomic E-state index is 0.150. The molecule has 3 heteroatoms. The van der Waals surface area contributed by atoms with Crippen LogP contribution < -0.4 is 4.74 Å². The third kappa shape index (κ3) is 2.93. The van der Waals surface area contributed by atoms with Crippen molar-refractivity contribution >= 4 is 21.7 Å². The van der Waals surface area contributed by atoms with Gasteiger partial charge < -0.3 is 4.74 Å². The Labute approximate surface area is 129 Å². The number of halogens is 1. The average molecular weight is 337 g/mol. The smallest absolute Gasteiger partial charge is 0.173 e. The predicted molar refractivity (Wildman–Crippen MR) is 82.7 cm³/mol.